The van der Waals surface area contributed by atoms with E-state index in [1.807, 2.05) is 0 Å². The van der Waals surface area contributed by atoms with Crippen molar-refractivity contribution in [1.82, 2.24) is 0 Å². The number of aliphatic imine (C=N–C) groups is 1. The third-order valence-corrected chi connectivity index (χ3v) is 2.30. The first kappa shape index (κ1) is 15.6. The van der Waals surface area contributed by atoms with Gasteiger partial charge in [0.05, 0.1) is 12.1 Å². The fourth-order valence-corrected chi connectivity index (χ4v) is 1.55. The zero-order valence-corrected chi connectivity index (χ0v) is 9.74. The molecule has 100 valence electrons. The molecule has 3 atom stereocenters. The minimum absolute atomic E-state index is 0.00421. The van der Waals surface area contributed by atoms with Crippen molar-refractivity contribution in [2.45, 2.75) is 31.0 Å². The van der Waals surface area contributed by atoms with Crippen molar-refractivity contribution >= 4 is 11.9 Å². The molecule has 0 bridgehead atoms. The van der Waals surface area contributed by atoms with Gasteiger partial charge in [-0.25, -0.2) is 0 Å². The van der Waals surface area contributed by atoms with Crippen molar-refractivity contribution in [3.63, 3.8) is 0 Å². The molecule has 8 nitrogen and oxygen atoms in total. The average Bonchev–Trinajstić information content (AvgIpc) is 2.30. The third-order valence-electron chi connectivity index (χ3n) is 2.30. The molecule has 0 aromatic rings. The Hall–Kier alpha value is -1.38. The van der Waals surface area contributed by atoms with E-state index in [0.29, 0.717) is 19.4 Å². The minimum Gasteiger partial charge on any atom is -0.480 e. The first-order chi connectivity index (χ1) is 8.00. The molecule has 0 radical (unpaired) electrons. The van der Waals surface area contributed by atoms with Crippen molar-refractivity contribution in [3.8, 4) is 0 Å². The fourth-order valence-electron chi connectivity index (χ4n) is 1.55. The van der Waals surface area contributed by atoms with E-state index in [4.69, 9.17) is 32.2 Å². The average molecular weight is 248 g/mol. The van der Waals surface area contributed by atoms with Crippen LogP contribution in [0.2, 0.25) is 0 Å². The minimum atomic E-state index is -1.08. The van der Waals surface area contributed by atoms with Crippen molar-refractivity contribution in [3.05, 3.63) is 0 Å². The second kappa shape index (κ2) is 7.82. The maximum Gasteiger partial charge on any atom is 0.323 e. The number of carbonyl (C=O) groups is 1. The van der Waals surface area contributed by atoms with Gasteiger partial charge >= 0.3 is 5.97 Å². The third kappa shape index (κ3) is 5.48. The molecule has 1 fully saturated rings. The van der Waals surface area contributed by atoms with Crippen LogP contribution in [-0.2, 0) is 9.53 Å². The topological polar surface area (TPSA) is 157 Å². The number of rotatable bonds is 3. The van der Waals surface area contributed by atoms with Gasteiger partial charge in [0.1, 0.15) is 6.04 Å². The van der Waals surface area contributed by atoms with Gasteiger partial charge in [-0.3, -0.25) is 9.79 Å². The highest BCUT2D eigenvalue weighted by molar-refractivity contribution is 5.76. The van der Waals surface area contributed by atoms with E-state index in [0.717, 1.165) is 7.11 Å². The fraction of sp³-hybridized carbons (Fsp3) is 0.778. The molecule has 1 aliphatic rings. The summed E-state index contributed by atoms with van der Waals surface area (Å²) in [4.78, 5) is 14.6. The van der Waals surface area contributed by atoms with Crippen LogP contribution < -0.4 is 17.2 Å². The molecule has 0 aliphatic carbocycles. The highest BCUT2D eigenvalue weighted by Crippen LogP contribution is 2.18. The zero-order chi connectivity index (χ0) is 13.4. The number of guanidine groups is 1. The van der Waals surface area contributed by atoms with Gasteiger partial charge < -0.3 is 32.2 Å². The van der Waals surface area contributed by atoms with Crippen molar-refractivity contribution in [2.75, 3.05) is 13.7 Å². The van der Waals surface area contributed by atoms with Gasteiger partial charge in [0.2, 0.25) is 0 Å². The van der Waals surface area contributed by atoms with E-state index in [9.17, 15) is 4.79 Å². The van der Waals surface area contributed by atoms with Crippen molar-refractivity contribution in [1.29, 1.82) is 0 Å². The molecule has 0 spiro atoms. The molecule has 17 heavy (non-hydrogen) atoms. The Morgan fingerprint density at radius 1 is 1.47 bits per heavy atom. The predicted molar refractivity (Wildman–Crippen MR) is 62.3 cm³/mol. The Balaban J connectivity index is 0.00000121. The van der Waals surface area contributed by atoms with E-state index in [2.05, 4.69) is 4.99 Å². The van der Waals surface area contributed by atoms with Crippen LogP contribution in [0, 0.1) is 0 Å². The van der Waals surface area contributed by atoms with Crippen LogP contribution in [0.25, 0.3) is 0 Å². The number of nitrogens with zero attached hydrogens (tertiary/aromatic N) is 1. The van der Waals surface area contributed by atoms with Crippen LogP contribution in [-0.4, -0.2) is 54.0 Å². The van der Waals surface area contributed by atoms with Crippen LogP contribution >= 0.6 is 0 Å². The van der Waals surface area contributed by atoms with Crippen LogP contribution in [0.15, 0.2) is 4.99 Å². The Bertz CT molecular complexity index is 268. The highest BCUT2D eigenvalue weighted by Gasteiger charge is 2.31. The van der Waals surface area contributed by atoms with Crippen molar-refractivity contribution < 1.29 is 19.7 Å². The van der Waals surface area contributed by atoms with E-state index in [-0.39, 0.29) is 12.0 Å². The van der Waals surface area contributed by atoms with Gasteiger partial charge in [-0.1, -0.05) is 0 Å². The van der Waals surface area contributed by atoms with Gasteiger partial charge in [-0.05, 0) is 12.8 Å². The van der Waals surface area contributed by atoms with Crippen LogP contribution in [0.5, 0.6) is 0 Å². The second-order valence-electron chi connectivity index (χ2n) is 3.51. The quantitative estimate of drug-likeness (QED) is 0.281. The SMILES string of the molecule is CO.NC(N)=NC1CCOC(C(N)C(=O)O)C1. The summed E-state index contributed by atoms with van der Waals surface area (Å²) in [6.07, 6.45) is 0.593. The lowest BCUT2D eigenvalue weighted by Crippen LogP contribution is -2.47. The monoisotopic (exact) mass is 248 g/mol. The lowest BCUT2D eigenvalue weighted by molar-refractivity contribution is -0.143. The molecule has 1 aliphatic heterocycles. The van der Waals surface area contributed by atoms with Crippen LogP contribution in [0.1, 0.15) is 12.8 Å². The number of nitrogens with two attached hydrogens (primary N) is 3. The maximum absolute atomic E-state index is 10.6. The molecule has 8 N–H and O–H groups in total. The van der Waals surface area contributed by atoms with Gasteiger partial charge in [0, 0.05) is 13.7 Å². The number of aliphatic hydroxyl groups excluding tert-OH is 1. The number of ether oxygens (including phenoxy) is 1. The number of carboxylic acids is 1. The van der Waals surface area contributed by atoms with Crippen molar-refractivity contribution in [2.24, 2.45) is 22.2 Å². The largest absolute Gasteiger partial charge is 0.480 e. The molecule has 0 aromatic heterocycles. The second-order valence-corrected chi connectivity index (χ2v) is 3.51. The Morgan fingerprint density at radius 3 is 2.53 bits per heavy atom. The standard InChI is InChI=1S/C8H16N4O3.CH4O/c9-6(7(13)14)5-3-4(1-2-15-5)12-8(10)11;1-2/h4-6H,1-3,9H2,(H,13,14)(H4,10,11,12);2H,1H3. The lowest BCUT2D eigenvalue weighted by Gasteiger charge is -2.29. The van der Waals surface area contributed by atoms with Gasteiger partial charge in [-0.2, -0.15) is 0 Å². The number of hydrogen-bond acceptors (Lipinski definition) is 5. The van der Waals surface area contributed by atoms with Gasteiger partial charge in [0.15, 0.2) is 5.96 Å². The summed E-state index contributed by atoms with van der Waals surface area (Å²) in [5, 5.41) is 15.7. The van der Waals surface area contributed by atoms with E-state index in [1.54, 1.807) is 0 Å². The molecule has 1 heterocycles. The van der Waals surface area contributed by atoms with Gasteiger partial charge in [-0.15, -0.1) is 0 Å². The summed E-state index contributed by atoms with van der Waals surface area (Å²) < 4.78 is 5.26. The van der Waals surface area contributed by atoms with E-state index >= 15 is 0 Å². The maximum atomic E-state index is 10.6. The molecular weight excluding hydrogens is 228 g/mol. The summed E-state index contributed by atoms with van der Waals surface area (Å²) in [6, 6.07) is -1.12. The van der Waals surface area contributed by atoms with E-state index in [1.165, 1.54) is 0 Å². The summed E-state index contributed by atoms with van der Waals surface area (Å²) in [7, 11) is 1.00. The molecule has 0 saturated carbocycles. The molecule has 3 unspecified atom stereocenters. The lowest BCUT2D eigenvalue weighted by atomic mass is 9.99. The van der Waals surface area contributed by atoms with Crippen LogP contribution in [0.4, 0.5) is 0 Å². The predicted octanol–water partition coefficient (Wildman–Crippen LogP) is -2.17. The number of aliphatic hydroxyl groups is 1. The summed E-state index contributed by atoms with van der Waals surface area (Å²) in [5.41, 5.74) is 15.9. The number of hydrogen-bond donors (Lipinski definition) is 5. The summed E-state index contributed by atoms with van der Waals surface area (Å²) >= 11 is 0. The van der Waals surface area contributed by atoms with E-state index < -0.39 is 18.1 Å². The Labute approximate surface area is 99.4 Å². The molecule has 1 rings (SSSR count). The summed E-state index contributed by atoms with van der Waals surface area (Å²) in [6.45, 7) is 0.424. The van der Waals surface area contributed by atoms with Gasteiger partial charge in [0.25, 0.3) is 0 Å². The normalized spacial score (nSPS) is 25.1. The number of aliphatic carboxylic acids is 1. The molecule has 1 saturated heterocycles. The molecule has 0 aromatic carbocycles. The van der Waals surface area contributed by atoms with Crippen LogP contribution in [0.3, 0.4) is 0 Å². The highest BCUT2D eigenvalue weighted by atomic mass is 16.5. The Morgan fingerprint density at radius 2 is 2.06 bits per heavy atom. The Kier molecular flexibility index (Phi) is 7.19. The smallest absolute Gasteiger partial charge is 0.323 e. The number of carboxylic acid groups (broad SMARTS) is 1. The first-order valence-corrected chi connectivity index (χ1v) is 5.14. The molecule has 8 heteroatoms. The first-order valence-electron chi connectivity index (χ1n) is 5.14. The molecule has 0 amide bonds. The zero-order valence-electron chi connectivity index (χ0n) is 9.74. The summed E-state index contributed by atoms with van der Waals surface area (Å²) in [5.74, 6) is -1.07. The molecular formula is C9H20N4O4.